The molecule has 0 N–H and O–H groups in total. The van der Waals surface area contributed by atoms with Crippen molar-refractivity contribution in [2.24, 2.45) is 0 Å². The van der Waals surface area contributed by atoms with Crippen molar-refractivity contribution in [3.8, 4) is 0 Å². The minimum Gasteiger partial charge on any atom is -0.364 e. The third kappa shape index (κ3) is 3.21. The van der Waals surface area contributed by atoms with E-state index in [2.05, 4.69) is 11.9 Å². The van der Waals surface area contributed by atoms with Crippen LogP contribution in [0.15, 0.2) is 54.2 Å². The quantitative estimate of drug-likeness (QED) is 0.749. The van der Waals surface area contributed by atoms with Crippen LogP contribution in [0.3, 0.4) is 0 Å². The van der Waals surface area contributed by atoms with Crippen molar-refractivity contribution in [2.75, 3.05) is 38.1 Å². The highest BCUT2D eigenvalue weighted by Crippen LogP contribution is 2.36. The molecule has 2 heterocycles. The standard InChI is InChI=1S/C22H22ClN3O2/c1-15-14-17(23)8-9-18(15)26-21(27)19(16-6-4-3-5-7-16)20(22(26)28)25-12-10-24(2)11-13-25/h3-9,14H,10-13H2,1-2H3. The molecular formula is C22H22ClN3O2. The summed E-state index contributed by atoms with van der Waals surface area (Å²) in [6.07, 6.45) is 0. The summed E-state index contributed by atoms with van der Waals surface area (Å²) in [5.41, 5.74) is 3.12. The van der Waals surface area contributed by atoms with Gasteiger partial charge >= 0.3 is 0 Å². The molecule has 2 aromatic carbocycles. The molecule has 28 heavy (non-hydrogen) atoms. The van der Waals surface area contributed by atoms with Gasteiger partial charge in [-0.25, -0.2) is 4.90 Å². The summed E-state index contributed by atoms with van der Waals surface area (Å²) < 4.78 is 0. The van der Waals surface area contributed by atoms with E-state index in [0.29, 0.717) is 35.1 Å². The van der Waals surface area contributed by atoms with Crippen LogP contribution in [0.4, 0.5) is 5.69 Å². The molecule has 6 heteroatoms. The molecule has 0 atom stereocenters. The fraction of sp³-hybridized carbons (Fsp3) is 0.273. The molecule has 0 saturated carbocycles. The molecule has 0 aromatic heterocycles. The van der Waals surface area contributed by atoms with Gasteiger partial charge in [-0.15, -0.1) is 0 Å². The summed E-state index contributed by atoms with van der Waals surface area (Å²) in [5.74, 6) is -0.547. The summed E-state index contributed by atoms with van der Waals surface area (Å²) in [6.45, 7) is 5.00. The molecule has 0 bridgehead atoms. The molecular weight excluding hydrogens is 374 g/mol. The molecule has 2 aliphatic heterocycles. The highest BCUT2D eigenvalue weighted by Gasteiger charge is 2.43. The van der Waals surface area contributed by atoms with E-state index in [-0.39, 0.29) is 11.8 Å². The van der Waals surface area contributed by atoms with Gasteiger partial charge in [0.15, 0.2) is 0 Å². The van der Waals surface area contributed by atoms with E-state index in [1.54, 1.807) is 18.2 Å². The molecule has 2 aliphatic rings. The highest BCUT2D eigenvalue weighted by atomic mass is 35.5. The van der Waals surface area contributed by atoms with Crippen LogP contribution in [0.25, 0.3) is 5.57 Å². The van der Waals surface area contributed by atoms with Gasteiger partial charge in [-0.2, -0.15) is 0 Å². The monoisotopic (exact) mass is 395 g/mol. The number of nitrogens with zero attached hydrogens (tertiary/aromatic N) is 3. The topological polar surface area (TPSA) is 43.9 Å². The number of imide groups is 1. The van der Waals surface area contributed by atoms with Gasteiger partial charge in [0.25, 0.3) is 11.8 Å². The van der Waals surface area contributed by atoms with E-state index in [1.807, 2.05) is 42.2 Å². The van der Waals surface area contributed by atoms with Gasteiger partial charge in [-0.3, -0.25) is 9.59 Å². The number of benzene rings is 2. The first-order chi connectivity index (χ1) is 13.5. The van der Waals surface area contributed by atoms with E-state index >= 15 is 0 Å². The lowest BCUT2D eigenvalue weighted by atomic mass is 10.0. The molecule has 0 radical (unpaired) electrons. The predicted molar refractivity (Wildman–Crippen MR) is 111 cm³/mol. The first-order valence-electron chi connectivity index (χ1n) is 9.35. The summed E-state index contributed by atoms with van der Waals surface area (Å²) in [4.78, 5) is 32.5. The van der Waals surface area contributed by atoms with Crippen molar-refractivity contribution in [3.05, 3.63) is 70.4 Å². The van der Waals surface area contributed by atoms with Crippen molar-refractivity contribution in [1.29, 1.82) is 0 Å². The van der Waals surface area contributed by atoms with Crippen molar-refractivity contribution >= 4 is 34.7 Å². The molecule has 0 unspecified atom stereocenters. The molecule has 144 valence electrons. The molecule has 4 rings (SSSR count). The fourth-order valence-corrected chi connectivity index (χ4v) is 4.02. The van der Waals surface area contributed by atoms with E-state index in [4.69, 9.17) is 11.6 Å². The van der Waals surface area contributed by atoms with Gasteiger partial charge in [-0.1, -0.05) is 41.9 Å². The predicted octanol–water partition coefficient (Wildman–Crippen LogP) is 3.18. The Balaban J connectivity index is 1.82. The third-order valence-corrected chi connectivity index (χ3v) is 5.58. The molecule has 2 aromatic rings. The van der Waals surface area contributed by atoms with Crippen molar-refractivity contribution in [3.63, 3.8) is 0 Å². The maximum Gasteiger partial charge on any atom is 0.282 e. The van der Waals surface area contributed by atoms with Gasteiger partial charge in [0.2, 0.25) is 0 Å². The summed E-state index contributed by atoms with van der Waals surface area (Å²) in [7, 11) is 2.06. The Labute approximate surface area is 169 Å². The van der Waals surface area contributed by atoms with Crippen LogP contribution < -0.4 is 4.90 Å². The number of halogens is 1. The number of anilines is 1. The first-order valence-corrected chi connectivity index (χ1v) is 9.73. The number of amides is 2. The highest BCUT2D eigenvalue weighted by molar-refractivity contribution is 6.45. The number of likely N-dealkylation sites (N-methyl/N-ethyl adjacent to an activating group) is 1. The normalized spacial score (nSPS) is 18.4. The second-order valence-electron chi connectivity index (χ2n) is 7.26. The summed E-state index contributed by atoms with van der Waals surface area (Å²) in [6, 6.07) is 14.7. The molecule has 5 nitrogen and oxygen atoms in total. The van der Waals surface area contributed by atoms with Crippen molar-refractivity contribution in [1.82, 2.24) is 9.80 Å². The molecule has 1 fully saturated rings. The third-order valence-electron chi connectivity index (χ3n) is 5.34. The Hall–Kier alpha value is -2.63. The second kappa shape index (κ2) is 7.41. The van der Waals surface area contributed by atoms with Crippen molar-refractivity contribution in [2.45, 2.75) is 6.92 Å². The van der Waals surface area contributed by atoms with Gasteiger partial charge in [0, 0.05) is 31.2 Å². The molecule has 0 aliphatic carbocycles. The lowest BCUT2D eigenvalue weighted by molar-refractivity contribution is -0.120. The second-order valence-corrected chi connectivity index (χ2v) is 7.69. The Morgan fingerprint density at radius 3 is 2.21 bits per heavy atom. The van der Waals surface area contributed by atoms with Gasteiger partial charge in [-0.05, 0) is 43.3 Å². The Bertz CT molecular complexity index is 963. The van der Waals surface area contributed by atoms with E-state index in [1.165, 1.54) is 4.90 Å². The van der Waals surface area contributed by atoms with Crippen LogP contribution >= 0.6 is 11.6 Å². The van der Waals surface area contributed by atoms with Crippen LogP contribution in [-0.2, 0) is 9.59 Å². The van der Waals surface area contributed by atoms with Crippen molar-refractivity contribution < 1.29 is 9.59 Å². The first kappa shape index (κ1) is 18.7. The van der Waals surface area contributed by atoms with E-state index in [9.17, 15) is 9.59 Å². The number of hydrogen-bond donors (Lipinski definition) is 0. The largest absolute Gasteiger partial charge is 0.364 e. The number of piperazine rings is 1. The van der Waals surface area contributed by atoms with E-state index in [0.717, 1.165) is 24.2 Å². The zero-order valence-electron chi connectivity index (χ0n) is 16.0. The van der Waals surface area contributed by atoms with Gasteiger partial charge in [0.1, 0.15) is 5.70 Å². The maximum atomic E-state index is 13.5. The zero-order valence-corrected chi connectivity index (χ0v) is 16.7. The minimum atomic E-state index is -0.282. The van der Waals surface area contributed by atoms with E-state index < -0.39 is 0 Å². The number of carbonyl (C=O) groups is 2. The average molecular weight is 396 g/mol. The molecule has 0 spiro atoms. The Morgan fingerprint density at radius 2 is 1.57 bits per heavy atom. The molecule has 2 amide bonds. The van der Waals surface area contributed by atoms with Crippen LogP contribution in [-0.4, -0.2) is 54.8 Å². The number of rotatable bonds is 3. The van der Waals surface area contributed by atoms with Gasteiger partial charge < -0.3 is 9.80 Å². The number of aryl methyl sites for hydroxylation is 1. The molecule has 1 saturated heterocycles. The smallest absolute Gasteiger partial charge is 0.282 e. The van der Waals surface area contributed by atoms with Crippen LogP contribution in [0.2, 0.25) is 5.02 Å². The Morgan fingerprint density at radius 1 is 0.893 bits per heavy atom. The fourth-order valence-electron chi connectivity index (χ4n) is 3.80. The number of carbonyl (C=O) groups excluding carboxylic acids is 2. The zero-order chi connectivity index (χ0) is 19.8. The van der Waals surface area contributed by atoms with Crippen LogP contribution in [0.1, 0.15) is 11.1 Å². The van der Waals surface area contributed by atoms with Crippen LogP contribution in [0, 0.1) is 6.92 Å². The lowest BCUT2D eigenvalue weighted by Crippen LogP contribution is -2.46. The van der Waals surface area contributed by atoms with Gasteiger partial charge in [0.05, 0.1) is 11.3 Å². The maximum absolute atomic E-state index is 13.5. The lowest BCUT2D eigenvalue weighted by Gasteiger charge is -2.34. The summed E-state index contributed by atoms with van der Waals surface area (Å²) in [5, 5.41) is 0.580. The SMILES string of the molecule is Cc1cc(Cl)ccc1N1C(=O)C(c2ccccc2)=C(N2CCN(C)CC2)C1=O. The minimum absolute atomic E-state index is 0.265. The summed E-state index contributed by atoms with van der Waals surface area (Å²) >= 11 is 6.07. The average Bonchev–Trinajstić information content (AvgIpc) is 2.94. The Kier molecular flexibility index (Phi) is 4.96. The van der Waals surface area contributed by atoms with Crippen LogP contribution in [0.5, 0.6) is 0 Å². The number of hydrogen-bond acceptors (Lipinski definition) is 4.